The Morgan fingerprint density at radius 3 is 2.68 bits per heavy atom. The molecule has 0 spiro atoms. The molecule has 2 fully saturated rings. The van der Waals surface area contributed by atoms with Gasteiger partial charge in [0, 0.05) is 12.6 Å². The zero-order valence-electron chi connectivity index (χ0n) is 16.4. The van der Waals surface area contributed by atoms with Crippen molar-refractivity contribution < 1.29 is 19.4 Å². The molecule has 0 bridgehead atoms. The molecule has 1 saturated carbocycles. The molecular formula is C19H31Cl2N3O4. The SMILES string of the molecule is CCOC(=O)c1cncn1C[C@H]1CC[C@H]2C(CC)N[C@H](C(=O)O)C[C@H]2C1.Cl.Cl. The predicted molar refractivity (Wildman–Crippen MR) is 110 cm³/mol. The lowest BCUT2D eigenvalue weighted by molar-refractivity contribution is -0.142. The van der Waals surface area contributed by atoms with E-state index in [4.69, 9.17) is 4.74 Å². The highest BCUT2D eigenvalue weighted by Crippen LogP contribution is 2.42. The third-order valence-corrected chi connectivity index (χ3v) is 6.01. The maximum Gasteiger partial charge on any atom is 0.356 e. The normalized spacial score (nSPS) is 29.0. The molecule has 1 aliphatic heterocycles. The van der Waals surface area contributed by atoms with Gasteiger partial charge >= 0.3 is 11.9 Å². The van der Waals surface area contributed by atoms with E-state index in [-0.39, 0.29) is 30.8 Å². The number of carbonyl (C=O) groups is 2. The van der Waals surface area contributed by atoms with Crippen LogP contribution in [0.2, 0.25) is 0 Å². The van der Waals surface area contributed by atoms with Crippen LogP contribution in [0.1, 0.15) is 56.4 Å². The van der Waals surface area contributed by atoms with Gasteiger partial charge in [-0.3, -0.25) is 4.79 Å². The number of ether oxygens (including phenoxy) is 1. The first-order chi connectivity index (χ1) is 12.5. The van der Waals surface area contributed by atoms with E-state index in [1.165, 1.54) is 0 Å². The van der Waals surface area contributed by atoms with Crippen LogP contribution in [0, 0.1) is 17.8 Å². The van der Waals surface area contributed by atoms with Crippen molar-refractivity contribution in [3.63, 3.8) is 0 Å². The summed E-state index contributed by atoms with van der Waals surface area (Å²) in [6.45, 7) is 5.00. The number of aromatic nitrogens is 2. The van der Waals surface area contributed by atoms with E-state index in [0.29, 0.717) is 42.5 Å². The highest BCUT2D eigenvalue weighted by atomic mass is 35.5. The number of imidazole rings is 1. The summed E-state index contributed by atoms with van der Waals surface area (Å²) in [4.78, 5) is 27.6. The lowest BCUT2D eigenvalue weighted by Crippen LogP contribution is -2.55. The Morgan fingerprint density at radius 1 is 1.29 bits per heavy atom. The summed E-state index contributed by atoms with van der Waals surface area (Å²) in [6, 6.07) is -0.151. The Bertz CT molecular complexity index is 655. The Balaban J connectivity index is 0.00000196. The number of hydrogen-bond acceptors (Lipinski definition) is 5. The monoisotopic (exact) mass is 435 g/mol. The topological polar surface area (TPSA) is 93.5 Å². The molecule has 160 valence electrons. The summed E-state index contributed by atoms with van der Waals surface area (Å²) in [5.74, 6) is 0.333. The number of fused-ring (bicyclic) bond motifs is 1. The number of halogens is 2. The first-order valence-electron chi connectivity index (χ1n) is 9.69. The van der Waals surface area contributed by atoms with Crippen molar-refractivity contribution in [2.24, 2.45) is 17.8 Å². The predicted octanol–water partition coefficient (Wildman–Crippen LogP) is 3.16. The van der Waals surface area contributed by atoms with E-state index in [1.807, 2.05) is 4.57 Å². The fourth-order valence-electron chi connectivity index (χ4n) is 4.82. The van der Waals surface area contributed by atoms with Crippen molar-refractivity contribution >= 4 is 36.8 Å². The van der Waals surface area contributed by atoms with Crippen molar-refractivity contribution in [1.82, 2.24) is 14.9 Å². The van der Waals surface area contributed by atoms with Gasteiger partial charge in [0.15, 0.2) is 0 Å². The molecule has 1 unspecified atom stereocenters. The molecule has 1 aliphatic carbocycles. The number of hydrogen-bond donors (Lipinski definition) is 2. The van der Waals surface area contributed by atoms with Gasteiger partial charge in [0.05, 0.1) is 19.1 Å². The largest absolute Gasteiger partial charge is 0.480 e. The van der Waals surface area contributed by atoms with Crippen molar-refractivity contribution in [3.05, 3.63) is 18.2 Å². The van der Waals surface area contributed by atoms with Crippen LogP contribution in [0.25, 0.3) is 0 Å². The summed E-state index contributed by atoms with van der Waals surface area (Å²) in [5.41, 5.74) is 0.495. The van der Waals surface area contributed by atoms with E-state index in [1.54, 1.807) is 19.4 Å². The molecule has 2 aliphatic rings. The summed E-state index contributed by atoms with van der Waals surface area (Å²) in [6.07, 6.45) is 8.12. The van der Waals surface area contributed by atoms with Gasteiger partial charge in [-0.25, -0.2) is 9.78 Å². The number of carboxylic acid groups (broad SMARTS) is 1. The standard InChI is InChI=1S/C19H29N3O4.2ClH/c1-3-15-14-6-5-12(7-13(14)8-16(21-15)18(23)24)10-22-11-20-9-17(22)19(25)26-4-2;;/h9,11-16,21H,3-8,10H2,1-2H3,(H,23,24);2*1H/t12-,13+,14+,15?,16-;;/m0../s1. The number of esters is 1. The quantitative estimate of drug-likeness (QED) is 0.666. The number of rotatable bonds is 6. The molecule has 1 aromatic rings. The van der Waals surface area contributed by atoms with Gasteiger partial charge in [0.2, 0.25) is 0 Å². The minimum Gasteiger partial charge on any atom is -0.480 e. The van der Waals surface area contributed by atoms with Crippen LogP contribution in [-0.2, 0) is 16.1 Å². The van der Waals surface area contributed by atoms with E-state index in [0.717, 1.165) is 32.2 Å². The van der Waals surface area contributed by atoms with Crippen LogP contribution >= 0.6 is 24.8 Å². The second kappa shape index (κ2) is 11.0. The van der Waals surface area contributed by atoms with Crippen LogP contribution in [0.3, 0.4) is 0 Å². The number of nitrogens with zero attached hydrogens (tertiary/aromatic N) is 2. The average molecular weight is 436 g/mol. The zero-order valence-corrected chi connectivity index (χ0v) is 18.0. The number of carboxylic acids is 1. The van der Waals surface area contributed by atoms with Crippen molar-refractivity contribution in [1.29, 1.82) is 0 Å². The molecule has 2 heterocycles. The Kier molecular flexibility index (Phi) is 9.74. The number of aliphatic carboxylic acids is 1. The van der Waals surface area contributed by atoms with Crippen LogP contribution in [0.5, 0.6) is 0 Å². The van der Waals surface area contributed by atoms with Gasteiger partial charge in [-0.15, -0.1) is 24.8 Å². The van der Waals surface area contributed by atoms with Gasteiger partial charge in [0.1, 0.15) is 11.7 Å². The van der Waals surface area contributed by atoms with E-state index in [2.05, 4.69) is 17.2 Å². The molecule has 3 rings (SSSR count). The molecule has 1 saturated heterocycles. The summed E-state index contributed by atoms with van der Waals surface area (Å²) >= 11 is 0. The highest BCUT2D eigenvalue weighted by molar-refractivity contribution is 5.87. The lowest BCUT2D eigenvalue weighted by atomic mass is 9.66. The van der Waals surface area contributed by atoms with Gasteiger partial charge < -0.3 is 19.7 Å². The minimum atomic E-state index is -0.747. The molecular weight excluding hydrogens is 405 g/mol. The summed E-state index contributed by atoms with van der Waals surface area (Å²) in [7, 11) is 0. The molecule has 0 aromatic carbocycles. The van der Waals surface area contributed by atoms with Crippen LogP contribution in [0.4, 0.5) is 0 Å². The second-order valence-electron chi connectivity index (χ2n) is 7.56. The molecule has 28 heavy (non-hydrogen) atoms. The fourth-order valence-corrected chi connectivity index (χ4v) is 4.82. The summed E-state index contributed by atoms with van der Waals surface area (Å²) in [5, 5.41) is 12.8. The van der Waals surface area contributed by atoms with Gasteiger partial charge in [-0.1, -0.05) is 6.92 Å². The van der Waals surface area contributed by atoms with E-state index >= 15 is 0 Å². The molecule has 0 radical (unpaired) electrons. The molecule has 9 heteroatoms. The molecule has 2 N–H and O–H groups in total. The lowest BCUT2D eigenvalue weighted by Gasteiger charge is -2.46. The molecule has 1 aromatic heterocycles. The van der Waals surface area contributed by atoms with E-state index < -0.39 is 12.0 Å². The number of nitrogens with one attached hydrogen (secondary N) is 1. The first kappa shape index (κ1) is 24.7. The third-order valence-electron chi connectivity index (χ3n) is 6.01. The average Bonchev–Trinajstić information content (AvgIpc) is 3.08. The van der Waals surface area contributed by atoms with E-state index in [9.17, 15) is 14.7 Å². The first-order valence-corrected chi connectivity index (χ1v) is 9.69. The number of carbonyl (C=O) groups excluding carboxylic acids is 1. The molecule has 0 amide bonds. The Hall–Kier alpha value is -1.31. The van der Waals surface area contributed by atoms with Crippen molar-refractivity contribution in [2.75, 3.05) is 6.61 Å². The summed E-state index contributed by atoms with van der Waals surface area (Å²) < 4.78 is 6.98. The number of piperidine rings is 1. The van der Waals surface area contributed by atoms with Gasteiger partial charge in [-0.05, 0) is 56.8 Å². The Morgan fingerprint density at radius 2 is 2.04 bits per heavy atom. The third kappa shape index (κ3) is 5.39. The van der Waals surface area contributed by atoms with Gasteiger partial charge in [-0.2, -0.15) is 0 Å². The minimum absolute atomic E-state index is 0. The van der Waals surface area contributed by atoms with Gasteiger partial charge in [0.25, 0.3) is 0 Å². The highest BCUT2D eigenvalue weighted by Gasteiger charge is 2.42. The maximum absolute atomic E-state index is 12.0. The van der Waals surface area contributed by atoms with Crippen molar-refractivity contribution in [2.45, 2.75) is 64.6 Å². The second-order valence-corrected chi connectivity index (χ2v) is 7.56. The molecule has 7 nitrogen and oxygen atoms in total. The van der Waals surface area contributed by atoms with Crippen LogP contribution < -0.4 is 5.32 Å². The molecule has 5 atom stereocenters. The van der Waals surface area contributed by atoms with Crippen LogP contribution in [0.15, 0.2) is 12.5 Å². The fraction of sp³-hybridized carbons (Fsp3) is 0.737. The smallest absolute Gasteiger partial charge is 0.356 e. The Labute approximate surface area is 178 Å². The maximum atomic E-state index is 12.0. The van der Waals surface area contributed by atoms with Crippen molar-refractivity contribution in [3.8, 4) is 0 Å². The van der Waals surface area contributed by atoms with Crippen LogP contribution in [-0.4, -0.2) is 45.3 Å². The zero-order chi connectivity index (χ0) is 18.7.